The fraction of sp³-hybridized carbons (Fsp3) is 0.846. The lowest BCUT2D eigenvalue weighted by Gasteiger charge is -2.38. The maximum Gasteiger partial charge on any atom is 0.409 e. The van der Waals surface area contributed by atoms with Gasteiger partial charge in [-0.2, -0.15) is 0 Å². The minimum Gasteiger partial charge on any atom is -0.453 e. The summed E-state index contributed by atoms with van der Waals surface area (Å²) in [5, 5.41) is 2.80. The molecule has 0 aromatic rings. The lowest BCUT2D eigenvalue weighted by atomic mass is 9.86. The molecule has 1 aliphatic heterocycles. The highest BCUT2D eigenvalue weighted by Crippen LogP contribution is 2.24. The molecule has 1 heterocycles. The van der Waals surface area contributed by atoms with Crippen LogP contribution in [0.2, 0.25) is 0 Å². The minimum atomic E-state index is -0.429. The molecule has 2 unspecified atom stereocenters. The van der Waals surface area contributed by atoms with Crippen molar-refractivity contribution in [1.29, 1.82) is 0 Å². The second-order valence-corrected chi connectivity index (χ2v) is 5.18. The Labute approximate surface area is 114 Å². The van der Waals surface area contributed by atoms with Gasteiger partial charge in [0.2, 0.25) is 0 Å². The Bertz CT molecular complexity index is 320. The maximum absolute atomic E-state index is 11.7. The third-order valence-electron chi connectivity index (χ3n) is 3.46. The van der Waals surface area contributed by atoms with E-state index in [0.29, 0.717) is 31.5 Å². The molecule has 0 bridgehead atoms. The number of alkyl carbamates (subject to hydrolysis) is 1. The molecule has 0 aliphatic carbocycles. The minimum absolute atomic E-state index is 0.0840. The SMILES string of the molecule is CCOC(=O)NC1CC(C(C)C)CN(C(=O)OC)C1. The molecular weight excluding hydrogens is 248 g/mol. The molecule has 6 heteroatoms. The molecule has 2 amide bonds. The summed E-state index contributed by atoms with van der Waals surface area (Å²) in [6.45, 7) is 7.48. The van der Waals surface area contributed by atoms with Crippen LogP contribution in [0, 0.1) is 11.8 Å². The Balaban J connectivity index is 2.64. The number of methoxy groups -OCH3 is 1. The zero-order valence-corrected chi connectivity index (χ0v) is 12.1. The fourth-order valence-electron chi connectivity index (χ4n) is 2.34. The van der Waals surface area contributed by atoms with E-state index in [1.807, 2.05) is 0 Å². The van der Waals surface area contributed by atoms with E-state index >= 15 is 0 Å². The van der Waals surface area contributed by atoms with Gasteiger partial charge in [-0.3, -0.25) is 0 Å². The van der Waals surface area contributed by atoms with Crippen LogP contribution in [-0.4, -0.2) is 49.9 Å². The number of nitrogens with one attached hydrogen (secondary N) is 1. The molecule has 19 heavy (non-hydrogen) atoms. The van der Waals surface area contributed by atoms with Crippen molar-refractivity contribution in [3.63, 3.8) is 0 Å². The van der Waals surface area contributed by atoms with Crippen molar-refractivity contribution in [3.05, 3.63) is 0 Å². The van der Waals surface area contributed by atoms with Gasteiger partial charge in [0, 0.05) is 13.1 Å². The van der Waals surface area contributed by atoms with Crippen molar-refractivity contribution in [2.75, 3.05) is 26.8 Å². The highest BCUT2D eigenvalue weighted by Gasteiger charge is 2.32. The molecule has 0 aromatic carbocycles. The number of rotatable bonds is 3. The molecule has 0 radical (unpaired) electrons. The van der Waals surface area contributed by atoms with Gasteiger partial charge < -0.3 is 19.7 Å². The summed E-state index contributed by atoms with van der Waals surface area (Å²) < 4.78 is 9.64. The summed E-state index contributed by atoms with van der Waals surface area (Å²) in [5.74, 6) is 0.790. The van der Waals surface area contributed by atoms with Crippen molar-refractivity contribution in [2.24, 2.45) is 11.8 Å². The molecule has 1 rings (SSSR count). The van der Waals surface area contributed by atoms with Crippen molar-refractivity contribution in [1.82, 2.24) is 10.2 Å². The van der Waals surface area contributed by atoms with E-state index in [0.717, 1.165) is 6.42 Å². The number of hydrogen-bond donors (Lipinski definition) is 1. The van der Waals surface area contributed by atoms with Crippen LogP contribution in [0.1, 0.15) is 27.2 Å². The normalized spacial score (nSPS) is 23.1. The number of carbonyl (C=O) groups is 2. The Morgan fingerprint density at radius 3 is 2.58 bits per heavy atom. The molecule has 110 valence electrons. The maximum atomic E-state index is 11.7. The van der Waals surface area contributed by atoms with Gasteiger partial charge >= 0.3 is 12.2 Å². The zero-order chi connectivity index (χ0) is 14.4. The quantitative estimate of drug-likeness (QED) is 0.851. The summed E-state index contributed by atoms with van der Waals surface area (Å²) in [4.78, 5) is 24.8. The van der Waals surface area contributed by atoms with E-state index in [4.69, 9.17) is 9.47 Å². The summed E-state index contributed by atoms with van der Waals surface area (Å²) in [5.41, 5.74) is 0. The van der Waals surface area contributed by atoms with Crippen LogP contribution in [-0.2, 0) is 9.47 Å². The lowest BCUT2D eigenvalue weighted by molar-refractivity contribution is 0.0773. The monoisotopic (exact) mass is 272 g/mol. The third kappa shape index (κ3) is 4.61. The average molecular weight is 272 g/mol. The van der Waals surface area contributed by atoms with Gasteiger partial charge in [-0.15, -0.1) is 0 Å². The van der Waals surface area contributed by atoms with Crippen LogP contribution in [0.3, 0.4) is 0 Å². The molecule has 1 fully saturated rings. The molecule has 1 N–H and O–H groups in total. The first-order valence-corrected chi connectivity index (χ1v) is 6.74. The fourth-order valence-corrected chi connectivity index (χ4v) is 2.34. The number of piperidine rings is 1. The van der Waals surface area contributed by atoms with Crippen LogP contribution in [0.4, 0.5) is 9.59 Å². The predicted molar refractivity (Wildman–Crippen MR) is 70.9 cm³/mol. The molecular formula is C13H24N2O4. The topological polar surface area (TPSA) is 67.9 Å². The Morgan fingerprint density at radius 2 is 2.05 bits per heavy atom. The van der Waals surface area contributed by atoms with E-state index in [1.54, 1.807) is 11.8 Å². The highest BCUT2D eigenvalue weighted by atomic mass is 16.5. The summed E-state index contributed by atoms with van der Waals surface area (Å²) >= 11 is 0. The summed E-state index contributed by atoms with van der Waals surface area (Å²) in [6.07, 6.45) is 0.0759. The predicted octanol–water partition coefficient (Wildman–Crippen LogP) is 1.85. The first-order chi connectivity index (χ1) is 8.97. The summed E-state index contributed by atoms with van der Waals surface area (Å²) in [6, 6.07) is -0.0840. The van der Waals surface area contributed by atoms with Crippen LogP contribution in [0.5, 0.6) is 0 Å². The molecule has 1 aliphatic rings. The number of hydrogen-bond acceptors (Lipinski definition) is 4. The highest BCUT2D eigenvalue weighted by molar-refractivity contribution is 5.69. The number of ether oxygens (including phenoxy) is 2. The molecule has 0 aromatic heterocycles. The Hall–Kier alpha value is -1.46. The number of carbonyl (C=O) groups excluding carboxylic acids is 2. The lowest BCUT2D eigenvalue weighted by Crippen LogP contribution is -2.53. The van der Waals surface area contributed by atoms with Crippen LogP contribution in [0.25, 0.3) is 0 Å². The first-order valence-electron chi connectivity index (χ1n) is 6.74. The van der Waals surface area contributed by atoms with E-state index < -0.39 is 6.09 Å². The van der Waals surface area contributed by atoms with Gasteiger partial charge in [0.05, 0.1) is 19.8 Å². The zero-order valence-electron chi connectivity index (χ0n) is 12.1. The summed E-state index contributed by atoms with van der Waals surface area (Å²) in [7, 11) is 1.37. The van der Waals surface area contributed by atoms with E-state index in [-0.39, 0.29) is 12.1 Å². The van der Waals surface area contributed by atoms with Gasteiger partial charge in [0.15, 0.2) is 0 Å². The molecule has 0 spiro atoms. The second-order valence-electron chi connectivity index (χ2n) is 5.18. The Morgan fingerprint density at radius 1 is 1.37 bits per heavy atom. The van der Waals surface area contributed by atoms with Gasteiger partial charge in [-0.1, -0.05) is 13.8 Å². The van der Waals surface area contributed by atoms with E-state index in [1.165, 1.54) is 7.11 Å². The van der Waals surface area contributed by atoms with Crippen molar-refractivity contribution >= 4 is 12.2 Å². The van der Waals surface area contributed by atoms with Gasteiger partial charge in [0.1, 0.15) is 0 Å². The standard InChI is InChI=1S/C13H24N2O4/c1-5-19-12(16)14-11-6-10(9(2)3)7-15(8-11)13(17)18-4/h9-11H,5-8H2,1-4H3,(H,14,16). The first kappa shape index (κ1) is 15.6. The molecule has 6 nitrogen and oxygen atoms in total. The van der Waals surface area contributed by atoms with E-state index in [9.17, 15) is 9.59 Å². The smallest absolute Gasteiger partial charge is 0.409 e. The molecule has 1 saturated heterocycles. The third-order valence-corrected chi connectivity index (χ3v) is 3.46. The van der Waals surface area contributed by atoms with Gasteiger partial charge in [-0.05, 0) is 25.2 Å². The van der Waals surface area contributed by atoms with Gasteiger partial charge in [0.25, 0.3) is 0 Å². The second kappa shape index (κ2) is 7.21. The average Bonchev–Trinajstić information content (AvgIpc) is 2.37. The van der Waals surface area contributed by atoms with Gasteiger partial charge in [-0.25, -0.2) is 9.59 Å². The van der Waals surface area contributed by atoms with Crippen LogP contribution >= 0.6 is 0 Å². The molecule has 0 saturated carbocycles. The van der Waals surface area contributed by atoms with Crippen LogP contribution < -0.4 is 5.32 Å². The number of amides is 2. The van der Waals surface area contributed by atoms with Crippen LogP contribution in [0.15, 0.2) is 0 Å². The van der Waals surface area contributed by atoms with Crippen molar-refractivity contribution < 1.29 is 19.1 Å². The Kier molecular flexibility index (Phi) is 5.92. The molecule has 2 atom stereocenters. The van der Waals surface area contributed by atoms with Crippen molar-refractivity contribution in [3.8, 4) is 0 Å². The largest absolute Gasteiger partial charge is 0.453 e. The number of nitrogens with zero attached hydrogens (tertiary/aromatic N) is 1. The van der Waals surface area contributed by atoms with Crippen molar-refractivity contribution in [2.45, 2.75) is 33.2 Å². The number of likely N-dealkylation sites (tertiary alicyclic amines) is 1. The van der Waals surface area contributed by atoms with E-state index in [2.05, 4.69) is 19.2 Å².